The van der Waals surface area contributed by atoms with E-state index in [2.05, 4.69) is 46.5 Å². The molecule has 2 heterocycles. The molecule has 3 nitrogen and oxygen atoms in total. The number of hydrogen-bond acceptors (Lipinski definition) is 3. The highest BCUT2D eigenvalue weighted by Crippen LogP contribution is 2.37. The van der Waals surface area contributed by atoms with Gasteiger partial charge in [0.15, 0.2) is 0 Å². The van der Waals surface area contributed by atoms with Gasteiger partial charge in [0.05, 0.1) is 0 Å². The van der Waals surface area contributed by atoms with E-state index < -0.39 is 0 Å². The Hall–Kier alpha value is -2.26. The molecule has 0 amide bonds. The third-order valence-corrected chi connectivity index (χ3v) is 4.39. The number of halogens is 1. The highest BCUT2D eigenvalue weighted by atomic mass is 35.5. The van der Waals surface area contributed by atoms with Crippen molar-refractivity contribution in [3.05, 3.63) is 82.7 Å². The molecule has 0 bridgehead atoms. The predicted molar refractivity (Wildman–Crippen MR) is 87.3 cm³/mol. The average Bonchev–Trinajstić information content (AvgIpc) is 3.04. The summed E-state index contributed by atoms with van der Waals surface area (Å²) in [7, 11) is 0. The van der Waals surface area contributed by atoms with E-state index in [1.165, 1.54) is 11.1 Å². The molecule has 2 aromatic carbocycles. The molecule has 0 N–H and O–H groups in total. The van der Waals surface area contributed by atoms with Crippen molar-refractivity contribution in [1.29, 1.82) is 0 Å². The van der Waals surface area contributed by atoms with E-state index in [-0.39, 0.29) is 6.04 Å². The number of benzene rings is 2. The van der Waals surface area contributed by atoms with Gasteiger partial charge in [-0.05, 0) is 36.2 Å². The SMILES string of the molecule is Clc1ccc(N2CCc3conc3C2c2ccccc2)cc1. The van der Waals surface area contributed by atoms with E-state index in [0.29, 0.717) is 0 Å². The Morgan fingerprint density at radius 1 is 1.05 bits per heavy atom. The van der Waals surface area contributed by atoms with Crippen LogP contribution < -0.4 is 4.90 Å². The summed E-state index contributed by atoms with van der Waals surface area (Å²) < 4.78 is 5.22. The minimum Gasteiger partial charge on any atom is -0.364 e. The molecular weight excluding hydrogens is 296 g/mol. The van der Waals surface area contributed by atoms with Gasteiger partial charge in [0.2, 0.25) is 0 Å². The van der Waals surface area contributed by atoms with Crippen molar-refractivity contribution in [3.8, 4) is 0 Å². The monoisotopic (exact) mass is 310 g/mol. The van der Waals surface area contributed by atoms with Gasteiger partial charge >= 0.3 is 0 Å². The summed E-state index contributed by atoms with van der Waals surface area (Å²) in [5, 5.41) is 5.01. The van der Waals surface area contributed by atoms with Crippen molar-refractivity contribution >= 4 is 17.3 Å². The molecule has 0 saturated carbocycles. The van der Waals surface area contributed by atoms with E-state index in [9.17, 15) is 0 Å². The Morgan fingerprint density at radius 2 is 1.82 bits per heavy atom. The molecule has 1 unspecified atom stereocenters. The molecule has 0 radical (unpaired) electrons. The topological polar surface area (TPSA) is 29.3 Å². The first-order valence-corrected chi connectivity index (χ1v) is 7.71. The largest absolute Gasteiger partial charge is 0.364 e. The van der Waals surface area contributed by atoms with Crippen molar-refractivity contribution in [1.82, 2.24) is 5.16 Å². The summed E-state index contributed by atoms with van der Waals surface area (Å²) in [6.45, 7) is 0.926. The van der Waals surface area contributed by atoms with Crippen molar-refractivity contribution in [2.75, 3.05) is 11.4 Å². The number of aromatic nitrogens is 1. The van der Waals surface area contributed by atoms with Crippen LogP contribution in [0.15, 0.2) is 65.4 Å². The second kappa shape index (κ2) is 5.50. The molecule has 110 valence electrons. The molecule has 1 aliphatic rings. The third kappa shape index (κ3) is 2.28. The third-order valence-electron chi connectivity index (χ3n) is 4.14. The molecule has 3 aromatic rings. The fraction of sp³-hybridized carbons (Fsp3) is 0.167. The maximum Gasteiger partial charge on any atom is 0.127 e. The smallest absolute Gasteiger partial charge is 0.127 e. The van der Waals surface area contributed by atoms with Crippen LogP contribution in [-0.4, -0.2) is 11.7 Å². The summed E-state index contributed by atoms with van der Waals surface area (Å²) >= 11 is 6.02. The number of rotatable bonds is 2. The predicted octanol–water partition coefficient (Wildman–Crippen LogP) is 4.48. The van der Waals surface area contributed by atoms with Gasteiger partial charge in [0.1, 0.15) is 18.0 Å². The zero-order chi connectivity index (χ0) is 14.9. The molecular formula is C18H15ClN2O. The van der Waals surface area contributed by atoms with Crippen LogP contribution in [0.4, 0.5) is 5.69 Å². The van der Waals surface area contributed by atoms with Gasteiger partial charge in [-0.25, -0.2) is 0 Å². The van der Waals surface area contributed by atoms with Gasteiger partial charge in [-0.1, -0.05) is 47.1 Å². The van der Waals surface area contributed by atoms with Crippen molar-refractivity contribution in [3.63, 3.8) is 0 Å². The van der Waals surface area contributed by atoms with Crippen molar-refractivity contribution < 1.29 is 4.52 Å². The summed E-state index contributed by atoms with van der Waals surface area (Å²) in [5.74, 6) is 0. The number of nitrogens with zero attached hydrogens (tertiary/aromatic N) is 2. The molecule has 1 aliphatic heterocycles. The Bertz CT molecular complexity index is 767. The fourth-order valence-electron chi connectivity index (χ4n) is 3.08. The fourth-order valence-corrected chi connectivity index (χ4v) is 3.21. The minimum atomic E-state index is 0.0740. The lowest BCUT2D eigenvalue weighted by Gasteiger charge is -2.36. The van der Waals surface area contributed by atoms with E-state index >= 15 is 0 Å². The Morgan fingerprint density at radius 3 is 2.59 bits per heavy atom. The average molecular weight is 311 g/mol. The molecule has 0 aliphatic carbocycles. The summed E-state index contributed by atoms with van der Waals surface area (Å²) in [6.07, 6.45) is 2.70. The van der Waals surface area contributed by atoms with Crippen molar-refractivity contribution in [2.45, 2.75) is 12.5 Å². The summed E-state index contributed by atoms with van der Waals surface area (Å²) in [5.41, 5.74) is 4.56. The first-order chi connectivity index (χ1) is 10.8. The van der Waals surface area contributed by atoms with E-state index in [1.54, 1.807) is 6.26 Å². The maximum absolute atomic E-state index is 6.02. The van der Waals surface area contributed by atoms with Crippen LogP contribution in [0.5, 0.6) is 0 Å². The molecule has 0 spiro atoms. The van der Waals surface area contributed by atoms with Gasteiger partial charge in [-0.3, -0.25) is 0 Å². The van der Waals surface area contributed by atoms with Gasteiger partial charge in [0.25, 0.3) is 0 Å². The lowest BCUT2D eigenvalue weighted by Crippen LogP contribution is -2.36. The lowest BCUT2D eigenvalue weighted by atomic mass is 9.93. The second-order valence-corrected chi connectivity index (χ2v) is 5.89. The Kier molecular flexibility index (Phi) is 3.35. The van der Waals surface area contributed by atoms with Crippen LogP contribution in [0.1, 0.15) is 22.9 Å². The van der Waals surface area contributed by atoms with Crippen LogP contribution in [-0.2, 0) is 6.42 Å². The highest BCUT2D eigenvalue weighted by molar-refractivity contribution is 6.30. The Labute approximate surface area is 134 Å². The molecule has 4 heteroatoms. The maximum atomic E-state index is 6.02. The minimum absolute atomic E-state index is 0.0740. The van der Waals surface area contributed by atoms with E-state index in [4.69, 9.17) is 16.1 Å². The lowest BCUT2D eigenvalue weighted by molar-refractivity contribution is 0.408. The zero-order valence-corrected chi connectivity index (χ0v) is 12.7. The van der Waals surface area contributed by atoms with Crippen LogP contribution in [0.25, 0.3) is 0 Å². The van der Waals surface area contributed by atoms with Gasteiger partial charge in [-0.15, -0.1) is 0 Å². The molecule has 1 aromatic heterocycles. The number of anilines is 1. The van der Waals surface area contributed by atoms with Crippen LogP contribution >= 0.6 is 11.6 Å². The van der Waals surface area contributed by atoms with Gasteiger partial charge in [-0.2, -0.15) is 0 Å². The quantitative estimate of drug-likeness (QED) is 0.699. The van der Waals surface area contributed by atoms with Crippen molar-refractivity contribution in [2.24, 2.45) is 0 Å². The van der Waals surface area contributed by atoms with Gasteiger partial charge < -0.3 is 9.42 Å². The van der Waals surface area contributed by atoms with Crippen LogP contribution in [0.3, 0.4) is 0 Å². The zero-order valence-electron chi connectivity index (χ0n) is 11.9. The summed E-state index contributed by atoms with van der Waals surface area (Å²) in [6, 6.07) is 18.5. The Balaban J connectivity index is 1.82. The number of fused-ring (bicyclic) bond motifs is 1. The first kappa shape index (κ1) is 13.4. The van der Waals surface area contributed by atoms with Crippen LogP contribution in [0, 0.1) is 0 Å². The number of hydrogen-bond donors (Lipinski definition) is 0. The first-order valence-electron chi connectivity index (χ1n) is 7.33. The molecule has 0 saturated heterocycles. The van der Waals surface area contributed by atoms with E-state index in [0.717, 1.165) is 29.4 Å². The highest BCUT2D eigenvalue weighted by Gasteiger charge is 2.31. The van der Waals surface area contributed by atoms with Crippen LogP contribution in [0.2, 0.25) is 5.02 Å². The molecule has 1 atom stereocenters. The molecule has 0 fully saturated rings. The normalized spacial score (nSPS) is 17.3. The van der Waals surface area contributed by atoms with Gasteiger partial charge in [0, 0.05) is 22.8 Å². The summed E-state index contributed by atoms with van der Waals surface area (Å²) in [4.78, 5) is 2.36. The standard InChI is InChI=1S/C18H15ClN2O/c19-15-6-8-16(9-7-15)21-11-10-14-12-22-20-17(14)18(21)13-4-2-1-3-5-13/h1-9,12,18H,10-11H2. The van der Waals surface area contributed by atoms with E-state index in [1.807, 2.05) is 18.2 Å². The second-order valence-electron chi connectivity index (χ2n) is 5.46. The molecule has 4 rings (SSSR count). The molecule has 22 heavy (non-hydrogen) atoms.